The first-order chi connectivity index (χ1) is 13.9. The van der Waals surface area contributed by atoms with Gasteiger partial charge in [-0.15, -0.1) is 0 Å². The maximum absolute atomic E-state index is 12.7. The Balaban J connectivity index is 2.01. The Morgan fingerprint density at radius 2 is 2.00 bits per heavy atom. The molecule has 1 fully saturated rings. The van der Waals surface area contributed by atoms with E-state index in [1.165, 1.54) is 6.08 Å². The van der Waals surface area contributed by atoms with E-state index in [2.05, 4.69) is 0 Å². The molecule has 0 aromatic heterocycles. The van der Waals surface area contributed by atoms with Crippen molar-refractivity contribution in [2.45, 2.75) is 52.7 Å². The molecule has 5 atom stereocenters. The lowest BCUT2D eigenvalue weighted by Gasteiger charge is -2.28. The zero-order valence-electron chi connectivity index (χ0n) is 17.3. The van der Waals surface area contributed by atoms with Crippen molar-refractivity contribution >= 4 is 28.1 Å². The van der Waals surface area contributed by atoms with Crippen molar-refractivity contribution in [2.24, 2.45) is 23.7 Å². The third-order valence-electron chi connectivity index (χ3n) is 5.82. The Morgan fingerprint density at radius 1 is 1.33 bits per heavy atom. The standard InChI is InChI=1S/C20H26O9S/c1-9(2)5-15(22)27-8-12-7-14(29-30(24,25)26)17-11(4)20(23)28-19(17)16-10(3)6-13(21)18(12)16/h6,9,11,14,16-17,19H,5,7-8H2,1-4H3,(H,24,25,26)/t11-,14-,16-,17+,19+/m0/s1. The molecule has 0 amide bonds. The number of ether oxygens (including phenoxy) is 2. The molecule has 0 aromatic rings. The summed E-state index contributed by atoms with van der Waals surface area (Å²) in [6.07, 6.45) is -0.421. The number of allylic oxidation sites excluding steroid dienone is 1. The van der Waals surface area contributed by atoms with Gasteiger partial charge in [-0.1, -0.05) is 26.3 Å². The van der Waals surface area contributed by atoms with Crippen molar-refractivity contribution in [3.63, 3.8) is 0 Å². The first-order valence-electron chi connectivity index (χ1n) is 9.85. The van der Waals surface area contributed by atoms with Gasteiger partial charge in [0.25, 0.3) is 0 Å². The highest BCUT2D eigenvalue weighted by Crippen LogP contribution is 2.48. The average Bonchev–Trinajstić information content (AvgIpc) is 2.99. The summed E-state index contributed by atoms with van der Waals surface area (Å²) in [6, 6.07) is 0. The lowest BCUT2D eigenvalue weighted by Crippen LogP contribution is -2.37. The van der Waals surface area contributed by atoms with Gasteiger partial charge in [0.2, 0.25) is 0 Å². The third-order valence-corrected chi connectivity index (χ3v) is 6.31. The van der Waals surface area contributed by atoms with Crippen LogP contribution < -0.4 is 0 Å². The summed E-state index contributed by atoms with van der Waals surface area (Å²) in [6.45, 7) is 6.85. The second kappa shape index (κ2) is 8.24. The SMILES string of the molecule is CC1=CC(=O)C2=C(COC(=O)CC(C)C)C[C@H](OS(=O)(=O)O)[C@@H]3[C@H](OC(=O)[C@H]3C)[C@@H]12. The first kappa shape index (κ1) is 22.6. The van der Waals surface area contributed by atoms with Crippen LogP contribution in [-0.4, -0.2) is 49.5 Å². The molecule has 2 aliphatic carbocycles. The number of carbonyl (C=O) groups excluding carboxylic acids is 3. The number of fused-ring (bicyclic) bond motifs is 3. The highest BCUT2D eigenvalue weighted by Gasteiger charge is 2.55. The van der Waals surface area contributed by atoms with E-state index in [-0.39, 0.29) is 31.1 Å². The number of hydrogen-bond donors (Lipinski definition) is 1. The van der Waals surface area contributed by atoms with E-state index in [1.54, 1.807) is 13.8 Å². The zero-order valence-corrected chi connectivity index (χ0v) is 18.1. The molecule has 0 bridgehead atoms. The quantitative estimate of drug-likeness (QED) is 0.482. The van der Waals surface area contributed by atoms with Gasteiger partial charge in [-0.2, -0.15) is 8.42 Å². The summed E-state index contributed by atoms with van der Waals surface area (Å²) < 4.78 is 48.1. The molecule has 1 aliphatic heterocycles. The fraction of sp³-hybridized carbons (Fsp3) is 0.650. The van der Waals surface area contributed by atoms with Gasteiger partial charge >= 0.3 is 22.3 Å². The molecule has 0 aromatic carbocycles. The van der Waals surface area contributed by atoms with E-state index < -0.39 is 52.3 Å². The smallest absolute Gasteiger partial charge is 0.397 e. The van der Waals surface area contributed by atoms with E-state index in [1.807, 2.05) is 13.8 Å². The van der Waals surface area contributed by atoms with Crippen molar-refractivity contribution in [1.29, 1.82) is 0 Å². The summed E-state index contributed by atoms with van der Waals surface area (Å²) in [5.41, 5.74) is 1.41. The molecule has 3 aliphatic rings. The highest BCUT2D eigenvalue weighted by atomic mass is 32.3. The molecule has 0 radical (unpaired) electrons. The van der Waals surface area contributed by atoms with Crippen molar-refractivity contribution in [3.05, 3.63) is 22.8 Å². The van der Waals surface area contributed by atoms with Gasteiger partial charge < -0.3 is 9.47 Å². The van der Waals surface area contributed by atoms with Crippen LogP contribution in [0.5, 0.6) is 0 Å². The third kappa shape index (κ3) is 4.50. The second-order valence-electron chi connectivity index (χ2n) is 8.54. The summed E-state index contributed by atoms with van der Waals surface area (Å²) in [4.78, 5) is 37.0. The molecule has 0 unspecified atom stereocenters. The number of hydrogen-bond acceptors (Lipinski definition) is 8. The molecule has 1 heterocycles. The predicted octanol–water partition coefficient (Wildman–Crippen LogP) is 1.79. The van der Waals surface area contributed by atoms with Crippen LogP contribution in [0.25, 0.3) is 0 Å². The van der Waals surface area contributed by atoms with E-state index in [9.17, 15) is 27.4 Å². The number of rotatable bonds is 6. The summed E-state index contributed by atoms with van der Waals surface area (Å²) in [5, 5.41) is 0. The molecular formula is C20H26O9S. The molecule has 166 valence electrons. The number of esters is 2. The van der Waals surface area contributed by atoms with Gasteiger partial charge in [0, 0.05) is 30.3 Å². The van der Waals surface area contributed by atoms with Gasteiger partial charge in [0.05, 0.1) is 12.0 Å². The van der Waals surface area contributed by atoms with Gasteiger partial charge in [0.15, 0.2) is 5.78 Å². The van der Waals surface area contributed by atoms with Crippen LogP contribution in [0.2, 0.25) is 0 Å². The Hall–Kier alpha value is -2.04. The minimum absolute atomic E-state index is 0.0873. The molecule has 3 rings (SSSR count). The molecule has 0 saturated carbocycles. The molecule has 1 saturated heterocycles. The Bertz CT molecular complexity index is 928. The van der Waals surface area contributed by atoms with Crippen molar-refractivity contribution in [2.75, 3.05) is 6.61 Å². The van der Waals surface area contributed by atoms with Crippen molar-refractivity contribution in [1.82, 2.24) is 0 Å². The summed E-state index contributed by atoms with van der Waals surface area (Å²) >= 11 is 0. The van der Waals surface area contributed by atoms with Gasteiger partial charge in [-0.05, 0) is 24.5 Å². The topological polar surface area (TPSA) is 133 Å². The van der Waals surface area contributed by atoms with E-state index >= 15 is 0 Å². The van der Waals surface area contributed by atoms with Gasteiger partial charge in [-0.25, -0.2) is 4.18 Å². The zero-order chi connectivity index (χ0) is 22.4. The molecular weight excluding hydrogens is 416 g/mol. The minimum atomic E-state index is -4.84. The molecule has 0 spiro atoms. The minimum Gasteiger partial charge on any atom is -0.461 e. The lowest BCUT2D eigenvalue weighted by atomic mass is 9.80. The maximum atomic E-state index is 12.7. The molecule has 1 N–H and O–H groups in total. The average molecular weight is 442 g/mol. The van der Waals surface area contributed by atoms with Crippen LogP contribution in [0.4, 0.5) is 0 Å². The van der Waals surface area contributed by atoms with Crippen molar-refractivity contribution < 1.29 is 41.0 Å². The Morgan fingerprint density at radius 3 is 2.60 bits per heavy atom. The second-order valence-corrected chi connectivity index (χ2v) is 9.59. The predicted molar refractivity (Wildman–Crippen MR) is 103 cm³/mol. The van der Waals surface area contributed by atoms with Crippen LogP contribution in [0.15, 0.2) is 22.8 Å². The molecule has 10 heteroatoms. The highest BCUT2D eigenvalue weighted by molar-refractivity contribution is 7.80. The van der Waals surface area contributed by atoms with Crippen LogP contribution >= 0.6 is 0 Å². The van der Waals surface area contributed by atoms with Gasteiger partial charge in [-0.3, -0.25) is 18.9 Å². The number of carbonyl (C=O) groups is 3. The normalized spacial score (nSPS) is 31.3. The summed E-state index contributed by atoms with van der Waals surface area (Å²) in [5.74, 6) is -3.16. The van der Waals surface area contributed by atoms with Crippen LogP contribution in [0.1, 0.15) is 40.5 Å². The molecule has 9 nitrogen and oxygen atoms in total. The van der Waals surface area contributed by atoms with E-state index in [4.69, 9.17) is 13.7 Å². The first-order valence-corrected chi connectivity index (χ1v) is 11.2. The Labute approximate surface area is 175 Å². The van der Waals surface area contributed by atoms with Crippen LogP contribution in [-0.2, 0) is 38.4 Å². The van der Waals surface area contributed by atoms with Crippen LogP contribution in [0, 0.1) is 23.7 Å². The monoisotopic (exact) mass is 442 g/mol. The van der Waals surface area contributed by atoms with Crippen LogP contribution in [0.3, 0.4) is 0 Å². The lowest BCUT2D eigenvalue weighted by molar-refractivity contribution is -0.145. The Kier molecular flexibility index (Phi) is 6.22. The maximum Gasteiger partial charge on any atom is 0.397 e. The van der Waals surface area contributed by atoms with Crippen molar-refractivity contribution in [3.8, 4) is 0 Å². The largest absolute Gasteiger partial charge is 0.461 e. The molecule has 30 heavy (non-hydrogen) atoms. The van der Waals surface area contributed by atoms with E-state index in [0.717, 1.165) is 0 Å². The van der Waals surface area contributed by atoms with E-state index in [0.29, 0.717) is 16.7 Å². The number of ketones is 1. The van der Waals surface area contributed by atoms with Gasteiger partial charge in [0.1, 0.15) is 12.7 Å². The fourth-order valence-electron chi connectivity index (χ4n) is 4.60. The summed E-state index contributed by atoms with van der Waals surface area (Å²) in [7, 11) is -4.84. The fourth-order valence-corrected chi connectivity index (χ4v) is 5.11.